The van der Waals surface area contributed by atoms with Crippen molar-refractivity contribution in [2.75, 3.05) is 6.61 Å². The Labute approximate surface area is 109 Å². The minimum atomic E-state index is -1.25. The van der Waals surface area contributed by atoms with Gasteiger partial charge in [0.1, 0.15) is 0 Å². The smallest absolute Gasteiger partial charge is 0.374 e. The molecular formula is C12H16N2O5. The van der Waals surface area contributed by atoms with Gasteiger partial charge in [0, 0.05) is 18.7 Å². The summed E-state index contributed by atoms with van der Waals surface area (Å²) >= 11 is 0. The van der Waals surface area contributed by atoms with Crippen LogP contribution < -0.4 is 5.32 Å². The Hall–Kier alpha value is -1.89. The highest BCUT2D eigenvalue weighted by molar-refractivity contribution is 5.94. The fourth-order valence-corrected chi connectivity index (χ4v) is 2.10. The number of hydrogen-bond acceptors (Lipinski definition) is 5. The topological polar surface area (TPSA) is 102 Å². The number of hydrogen-bond donors (Lipinski definition) is 2. The summed E-state index contributed by atoms with van der Waals surface area (Å²) in [5.74, 6) is -2.03. The quantitative estimate of drug-likeness (QED) is 0.849. The molecule has 0 radical (unpaired) electrons. The lowest BCUT2D eigenvalue weighted by molar-refractivity contribution is -0.0615. The van der Waals surface area contributed by atoms with Crippen molar-refractivity contribution in [3.05, 3.63) is 17.5 Å². The molecule has 1 fully saturated rings. The number of carboxylic acids is 1. The van der Waals surface area contributed by atoms with Gasteiger partial charge in [0.25, 0.3) is 5.91 Å². The summed E-state index contributed by atoms with van der Waals surface area (Å²) in [6.07, 6.45) is 1.42. The molecule has 0 aliphatic carbocycles. The highest BCUT2D eigenvalue weighted by atomic mass is 16.5. The summed E-state index contributed by atoms with van der Waals surface area (Å²) in [5.41, 5.74) is -0.298. The van der Waals surface area contributed by atoms with E-state index in [9.17, 15) is 9.59 Å². The molecular weight excluding hydrogens is 252 g/mol. The molecule has 1 amide bonds. The largest absolute Gasteiger partial charge is 0.475 e. The number of rotatable bonds is 3. The molecule has 104 valence electrons. The van der Waals surface area contributed by atoms with Crippen molar-refractivity contribution in [2.45, 2.75) is 38.3 Å². The molecule has 1 atom stereocenters. The number of carbonyl (C=O) groups excluding carboxylic acids is 1. The summed E-state index contributed by atoms with van der Waals surface area (Å²) in [6, 6.07) is 1.10. The fourth-order valence-electron chi connectivity index (χ4n) is 2.10. The number of carbonyl (C=O) groups is 2. The summed E-state index contributed by atoms with van der Waals surface area (Å²) in [7, 11) is 0. The molecule has 0 bridgehead atoms. The third-order valence-corrected chi connectivity index (χ3v) is 2.99. The Balaban J connectivity index is 1.98. The minimum Gasteiger partial charge on any atom is -0.475 e. The SMILES string of the molecule is CC1(C)CC(NC(=O)c2cc(C(=O)O)on2)CCO1. The van der Waals surface area contributed by atoms with Crippen molar-refractivity contribution in [2.24, 2.45) is 0 Å². The van der Waals surface area contributed by atoms with Gasteiger partial charge in [-0.2, -0.15) is 0 Å². The molecule has 2 heterocycles. The van der Waals surface area contributed by atoms with Crippen molar-refractivity contribution in [3.8, 4) is 0 Å². The molecule has 1 unspecified atom stereocenters. The van der Waals surface area contributed by atoms with Crippen molar-refractivity contribution in [1.29, 1.82) is 0 Å². The van der Waals surface area contributed by atoms with Gasteiger partial charge in [-0.15, -0.1) is 0 Å². The van der Waals surface area contributed by atoms with E-state index in [1.165, 1.54) is 0 Å². The molecule has 1 saturated heterocycles. The predicted octanol–water partition coefficient (Wildman–Crippen LogP) is 1.06. The van der Waals surface area contributed by atoms with Crippen molar-refractivity contribution >= 4 is 11.9 Å². The average molecular weight is 268 g/mol. The number of ether oxygens (including phenoxy) is 1. The number of nitrogens with zero attached hydrogens (tertiary/aromatic N) is 1. The first kappa shape index (κ1) is 13.5. The maximum absolute atomic E-state index is 11.9. The van der Waals surface area contributed by atoms with Crippen LogP contribution in [-0.2, 0) is 4.74 Å². The molecule has 2 rings (SSSR count). The standard InChI is InChI=1S/C12H16N2O5/c1-12(2)6-7(3-4-18-12)13-10(15)8-5-9(11(16)17)19-14-8/h5,7H,3-4,6H2,1-2H3,(H,13,15)(H,16,17). The molecule has 7 nitrogen and oxygen atoms in total. The van der Waals surface area contributed by atoms with Crippen LogP contribution in [0.1, 0.15) is 47.7 Å². The van der Waals surface area contributed by atoms with Gasteiger partial charge in [0.2, 0.25) is 5.76 Å². The summed E-state index contributed by atoms with van der Waals surface area (Å²) < 4.78 is 10.1. The van der Waals surface area contributed by atoms with Gasteiger partial charge in [-0.25, -0.2) is 4.79 Å². The van der Waals surface area contributed by atoms with Gasteiger partial charge in [-0.05, 0) is 26.7 Å². The monoisotopic (exact) mass is 268 g/mol. The molecule has 1 aliphatic heterocycles. The zero-order chi connectivity index (χ0) is 14.0. The van der Waals surface area contributed by atoms with Crippen molar-refractivity contribution < 1.29 is 24.0 Å². The summed E-state index contributed by atoms with van der Waals surface area (Å²) in [6.45, 7) is 4.50. The van der Waals surface area contributed by atoms with Crippen LogP contribution in [0.25, 0.3) is 0 Å². The van der Waals surface area contributed by atoms with Crippen LogP contribution in [0.3, 0.4) is 0 Å². The Morgan fingerprint density at radius 1 is 1.53 bits per heavy atom. The number of nitrogens with one attached hydrogen (secondary N) is 1. The molecule has 2 N–H and O–H groups in total. The van der Waals surface area contributed by atoms with Crippen LogP contribution >= 0.6 is 0 Å². The number of aromatic nitrogens is 1. The maximum atomic E-state index is 11.9. The fraction of sp³-hybridized carbons (Fsp3) is 0.583. The van der Waals surface area contributed by atoms with E-state index < -0.39 is 11.9 Å². The van der Waals surface area contributed by atoms with Gasteiger partial charge in [-0.3, -0.25) is 4.79 Å². The van der Waals surface area contributed by atoms with E-state index in [4.69, 9.17) is 9.84 Å². The van der Waals surface area contributed by atoms with Crippen LogP contribution in [0.2, 0.25) is 0 Å². The van der Waals surface area contributed by atoms with Crippen LogP contribution in [-0.4, -0.2) is 40.4 Å². The van der Waals surface area contributed by atoms with E-state index in [0.717, 1.165) is 12.5 Å². The van der Waals surface area contributed by atoms with Gasteiger partial charge in [0.05, 0.1) is 5.60 Å². The maximum Gasteiger partial charge on any atom is 0.374 e. The van der Waals surface area contributed by atoms with Gasteiger partial charge < -0.3 is 19.7 Å². The number of carboxylic acid groups (broad SMARTS) is 1. The molecule has 19 heavy (non-hydrogen) atoms. The lowest BCUT2D eigenvalue weighted by Crippen LogP contribution is -2.45. The summed E-state index contributed by atoms with van der Waals surface area (Å²) in [5, 5.41) is 14.9. The van der Waals surface area contributed by atoms with E-state index in [2.05, 4.69) is 15.0 Å². The molecule has 1 aromatic heterocycles. The Morgan fingerprint density at radius 3 is 2.84 bits per heavy atom. The lowest BCUT2D eigenvalue weighted by Gasteiger charge is -2.35. The normalized spacial score (nSPS) is 21.9. The molecule has 0 spiro atoms. The first-order valence-electron chi connectivity index (χ1n) is 6.02. The minimum absolute atomic E-state index is 0.0128. The van der Waals surface area contributed by atoms with E-state index in [0.29, 0.717) is 13.0 Å². The van der Waals surface area contributed by atoms with Crippen LogP contribution in [0.15, 0.2) is 10.6 Å². The molecule has 0 aromatic carbocycles. The van der Waals surface area contributed by atoms with Crippen LogP contribution in [0.5, 0.6) is 0 Å². The number of amides is 1. The highest BCUT2D eigenvalue weighted by Crippen LogP contribution is 2.24. The second-order valence-corrected chi connectivity index (χ2v) is 5.15. The third-order valence-electron chi connectivity index (χ3n) is 2.99. The van der Waals surface area contributed by atoms with Gasteiger partial charge >= 0.3 is 5.97 Å². The Morgan fingerprint density at radius 2 is 2.26 bits per heavy atom. The Bertz CT molecular complexity index is 494. The molecule has 0 saturated carbocycles. The number of aromatic carboxylic acids is 1. The lowest BCUT2D eigenvalue weighted by atomic mass is 9.94. The van der Waals surface area contributed by atoms with E-state index in [-0.39, 0.29) is 23.1 Å². The van der Waals surface area contributed by atoms with Crippen molar-refractivity contribution in [1.82, 2.24) is 10.5 Å². The first-order chi connectivity index (χ1) is 8.87. The van der Waals surface area contributed by atoms with E-state index in [1.54, 1.807) is 0 Å². The first-order valence-corrected chi connectivity index (χ1v) is 6.02. The second kappa shape index (κ2) is 5.00. The molecule has 7 heteroatoms. The Kier molecular flexibility index (Phi) is 3.57. The van der Waals surface area contributed by atoms with Crippen LogP contribution in [0, 0.1) is 0 Å². The van der Waals surface area contributed by atoms with Crippen molar-refractivity contribution in [3.63, 3.8) is 0 Å². The van der Waals surface area contributed by atoms with E-state index in [1.807, 2.05) is 13.8 Å². The van der Waals surface area contributed by atoms with E-state index >= 15 is 0 Å². The second-order valence-electron chi connectivity index (χ2n) is 5.15. The molecule has 1 aliphatic rings. The zero-order valence-corrected chi connectivity index (χ0v) is 10.8. The summed E-state index contributed by atoms with van der Waals surface area (Å²) in [4.78, 5) is 22.5. The highest BCUT2D eigenvalue weighted by Gasteiger charge is 2.30. The molecule has 1 aromatic rings. The zero-order valence-electron chi connectivity index (χ0n) is 10.8. The van der Waals surface area contributed by atoms with Gasteiger partial charge in [-0.1, -0.05) is 5.16 Å². The predicted molar refractivity (Wildman–Crippen MR) is 64.0 cm³/mol. The van der Waals surface area contributed by atoms with Gasteiger partial charge in [0.15, 0.2) is 5.69 Å². The van der Waals surface area contributed by atoms with Crippen LogP contribution in [0.4, 0.5) is 0 Å². The third kappa shape index (κ3) is 3.31. The average Bonchev–Trinajstić information content (AvgIpc) is 2.76.